The maximum atomic E-state index is 6.46. The molecular formula is C19H16ClN3OS. The van der Waals surface area contributed by atoms with Crippen LogP contribution in [-0.4, -0.2) is 16.7 Å². The van der Waals surface area contributed by atoms with Crippen molar-refractivity contribution in [3.63, 3.8) is 0 Å². The van der Waals surface area contributed by atoms with E-state index in [1.165, 1.54) is 11.9 Å². The molecule has 0 fully saturated rings. The van der Waals surface area contributed by atoms with Crippen LogP contribution in [0.5, 0.6) is 5.75 Å². The molecule has 0 spiro atoms. The number of rotatable bonds is 4. The van der Waals surface area contributed by atoms with Gasteiger partial charge in [0.25, 0.3) is 0 Å². The Bertz CT molecular complexity index is 1080. The number of hydrogen-bond acceptors (Lipinski definition) is 4. The second kappa shape index (κ2) is 6.59. The Labute approximate surface area is 154 Å². The van der Waals surface area contributed by atoms with Crippen LogP contribution in [0.3, 0.4) is 0 Å². The highest BCUT2D eigenvalue weighted by Crippen LogP contribution is 2.32. The summed E-state index contributed by atoms with van der Waals surface area (Å²) in [6, 6.07) is 16.0. The molecule has 0 aliphatic carbocycles. The molecule has 2 aromatic heterocycles. The third-order valence-corrected chi connectivity index (χ3v) is 5.19. The molecule has 0 atom stereocenters. The fourth-order valence-electron chi connectivity index (χ4n) is 3.09. The molecule has 0 unspecified atom stereocenters. The van der Waals surface area contributed by atoms with Crippen LogP contribution in [0.4, 0.5) is 0 Å². The van der Waals surface area contributed by atoms with E-state index in [-0.39, 0.29) is 0 Å². The van der Waals surface area contributed by atoms with Crippen molar-refractivity contribution in [2.45, 2.75) is 11.4 Å². The molecule has 0 aliphatic rings. The Morgan fingerprint density at radius 2 is 2.04 bits per heavy atom. The van der Waals surface area contributed by atoms with Crippen LogP contribution in [-0.2, 0) is 6.54 Å². The molecule has 0 saturated heterocycles. The number of pyridine rings is 1. The number of nitrogens with two attached hydrogens (primary N) is 1. The van der Waals surface area contributed by atoms with Crippen molar-refractivity contribution in [2.75, 3.05) is 7.11 Å². The van der Waals surface area contributed by atoms with E-state index in [9.17, 15) is 0 Å². The number of ether oxygens (including phenoxy) is 1. The zero-order valence-electron chi connectivity index (χ0n) is 13.6. The molecule has 0 bridgehead atoms. The number of halogens is 1. The lowest BCUT2D eigenvalue weighted by Crippen LogP contribution is -2.00. The van der Waals surface area contributed by atoms with Gasteiger partial charge in [0.15, 0.2) is 0 Å². The summed E-state index contributed by atoms with van der Waals surface area (Å²) in [5.74, 6) is 0.819. The number of methoxy groups -OCH3 is 1. The predicted octanol–water partition coefficient (Wildman–Crippen LogP) is 4.87. The van der Waals surface area contributed by atoms with E-state index in [0.717, 1.165) is 38.1 Å². The van der Waals surface area contributed by atoms with Gasteiger partial charge >= 0.3 is 0 Å². The van der Waals surface area contributed by atoms with Crippen molar-refractivity contribution >= 4 is 45.5 Å². The molecule has 126 valence electrons. The SMILES string of the molecule is COc1ccc2c(c1)c1ncccc1n2Cc1ccc(SN)cc1Cl. The van der Waals surface area contributed by atoms with E-state index in [4.69, 9.17) is 21.5 Å². The summed E-state index contributed by atoms with van der Waals surface area (Å²) < 4.78 is 7.60. The Balaban J connectivity index is 1.91. The summed E-state index contributed by atoms with van der Waals surface area (Å²) in [5, 5.41) is 7.39. The summed E-state index contributed by atoms with van der Waals surface area (Å²) in [5.41, 5.74) is 4.17. The lowest BCUT2D eigenvalue weighted by atomic mass is 10.2. The summed E-state index contributed by atoms with van der Waals surface area (Å²) >= 11 is 7.65. The smallest absolute Gasteiger partial charge is 0.119 e. The van der Waals surface area contributed by atoms with E-state index in [1.807, 2.05) is 42.6 Å². The van der Waals surface area contributed by atoms with Gasteiger partial charge in [-0.1, -0.05) is 17.7 Å². The van der Waals surface area contributed by atoms with Crippen molar-refractivity contribution in [2.24, 2.45) is 5.14 Å². The first-order chi connectivity index (χ1) is 12.2. The van der Waals surface area contributed by atoms with Crippen molar-refractivity contribution < 1.29 is 4.74 Å². The molecule has 4 aromatic rings. The normalized spacial score (nSPS) is 11.3. The number of aromatic nitrogens is 2. The van der Waals surface area contributed by atoms with Gasteiger partial charge in [-0.15, -0.1) is 0 Å². The molecule has 4 rings (SSSR count). The average molecular weight is 370 g/mol. The topological polar surface area (TPSA) is 53.1 Å². The summed E-state index contributed by atoms with van der Waals surface area (Å²) in [7, 11) is 1.67. The highest BCUT2D eigenvalue weighted by molar-refractivity contribution is 7.97. The first-order valence-electron chi connectivity index (χ1n) is 7.77. The Morgan fingerprint density at radius 1 is 1.16 bits per heavy atom. The summed E-state index contributed by atoms with van der Waals surface area (Å²) in [6.45, 7) is 0.659. The van der Waals surface area contributed by atoms with Crippen molar-refractivity contribution in [1.29, 1.82) is 0 Å². The van der Waals surface area contributed by atoms with E-state index in [2.05, 4.69) is 21.7 Å². The number of hydrogen-bond donors (Lipinski definition) is 1. The zero-order valence-corrected chi connectivity index (χ0v) is 15.1. The summed E-state index contributed by atoms with van der Waals surface area (Å²) in [4.78, 5) is 5.51. The first kappa shape index (κ1) is 16.3. The molecule has 4 nitrogen and oxygen atoms in total. The Kier molecular flexibility index (Phi) is 4.29. The van der Waals surface area contributed by atoms with Crippen molar-refractivity contribution in [1.82, 2.24) is 9.55 Å². The van der Waals surface area contributed by atoms with Gasteiger partial charge in [-0.2, -0.15) is 0 Å². The second-order valence-electron chi connectivity index (χ2n) is 5.71. The third kappa shape index (κ3) is 2.84. The maximum absolute atomic E-state index is 6.46. The van der Waals surface area contributed by atoms with Crippen LogP contribution < -0.4 is 9.88 Å². The number of nitrogens with zero attached hydrogens (tertiary/aromatic N) is 2. The lowest BCUT2D eigenvalue weighted by molar-refractivity contribution is 0.415. The van der Waals surface area contributed by atoms with Gasteiger partial charge in [-0.3, -0.25) is 10.1 Å². The van der Waals surface area contributed by atoms with Gasteiger partial charge in [0.2, 0.25) is 0 Å². The van der Waals surface area contributed by atoms with Gasteiger partial charge in [0, 0.05) is 28.0 Å². The summed E-state index contributed by atoms with van der Waals surface area (Å²) in [6.07, 6.45) is 1.81. The van der Waals surface area contributed by atoms with Gasteiger partial charge in [0.05, 0.1) is 23.7 Å². The van der Waals surface area contributed by atoms with E-state index in [0.29, 0.717) is 11.6 Å². The minimum atomic E-state index is 0.659. The molecule has 2 aromatic carbocycles. The molecular weight excluding hydrogens is 354 g/mol. The van der Waals surface area contributed by atoms with Crippen LogP contribution in [0.1, 0.15) is 5.56 Å². The van der Waals surface area contributed by atoms with Crippen molar-refractivity contribution in [3.05, 3.63) is 65.3 Å². The van der Waals surface area contributed by atoms with Crippen LogP contribution in [0.15, 0.2) is 59.6 Å². The Hall–Kier alpha value is -2.21. The molecule has 0 radical (unpaired) electrons. The van der Waals surface area contributed by atoms with Gasteiger partial charge in [-0.05, 0) is 60.0 Å². The third-order valence-electron chi connectivity index (χ3n) is 4.32. The maximum Gasteiger partial charge on any atom is 0.119 e. The van der Waals surface area contributed by atoms with E-state index >= 15 is 0 Å². The van der Waals surface area contributed by atoms with Crippen LogP contribution in [0.2, 0.25) is 5.02 Å². The number of benzene rings is 2. The van der Waals surface area contributed by atoms with Gasteiger partial charge in [-0.25, -0.2) is 0 Å². The molecule has 2 heterocycles. The Morgan fingerprint density at radius 3 is 2.80 bits per heavy atom. The predicted molar refractivity (Wildman–Crippen MR) is 104 cm³/mol. The molecule has 2 N–H and O–H groups in total. The molecule has 6 heteroatoms. The average Bonchev–Trinajstić information content (AvgIpc) is 2.96. The number of fused-ring (bicyclic) bond motifs is 3. The minimum Gasteiger partial charge on any atom is -0.497 e. The van der Waals surface area contributed by atoms with Crippen LogP contribution in [0, 0.1) is 0 Å². The zero-order chi connectivity index (χ0) is 17.4. The van der Waals surface area contributed by atoms with Crippen LogP contribution in [0.25, 0.3) is 21.9 Å². The quantitative estimate of drug-likeness (QED) is 0.521. The van der Waals surface area contributed by atoms with Crippen LogP contribution >= 0.6 is 23.5 Å². The highest BCUT2D eigenvalue weighted by Gasteiger charge is 2.14. The second-order valence-corrected chi connectivity index (χ2v) is 6.83. The van der Waals surface area contributed by atoms with E-state index < -0.39 is 0 Å². The van der Waals surface area contributed by atoms with Gasteiger partial charge < -0.3 is 9.30 Å². The lowest BCUT2D eigenvalue weighted by Gasteiger charge is -2.10. The molecule has 0 amide bonds. The first-order valence-corrected chi connectivity index (χ1v) is 9.03. The van der Waals surface area contributed by atoms with E-state index in [1.54, 1.807) is 7.11 Å². The highest BCUT2D eigenvalue weighted by atomic mass is 35.5. The minimum absolute atomic E-state index is 0.659. The standard InChI is InChI=1S/C19H16ClN3OS/c1-24-13-5-7-17-15(9-13)19-18(3-2-8-22-19)23(17)11-12-4-6-14(25-21)10-16(12)20/h2-10H,11,21H2,1H3. The molecule has 0 aliphatic heterocycles. The van der Waals surface area contributed by atoms with Gasteiger partial charge in [0.1, 0.15) is 5.75 Å². The molecule has 25 heavy (non-hydrogen) atoms. The fraction of sp³-hybridized carbons (Fsp3) is 0.105. The van der Waals surface area contributed by atoms with Crippen molar-refractivity contribution in [3.8, 4) is 5.75 Å². The molecule has 0 saturated carbocycles. The monoisotopic (exact) mass is 369 g/mol. The fourth-order valence-corrected chi connectivity index (χ4v) is 3.73. The largest absolute Gasteiger partial charge is 0.497 e.